The summed E-state index contributed by atoms with van der Waals surface area (Å²) in [5, 5.41) is 15.9. The minimum atomic E-state index is -1.23. The topological polar surface area (TPSA) is 102 Å². The zero-order chi connectivity index (χ0) is 23.4. The minimum Gasteiger partial charge on any atom is -0.495 e. The summed E-state index contributed by atoms with van der Waals surface area (Å²) in [5.41, 5.74) is 3.87. The van der Waals surface area contributed by atoms with Crippen LogP contribution in [0.5, 0.6) is 5.75 Å². The van der Waals surface area contributed by atoms with Crippen molar-refractivity contribution >= 4 is 11.6 Å². The van der Waals surface area contributed by atoms with Crippen molar-refractivity contribution in [3.63, 3.8) is 0 Å². The van der Waals surface area contributed by atoms with Gasteiger partial charge >= 0.3 is 5.97 Å². The molecular weight excluding hydrogens is 434 g/mol. The van der Waals surface area contributed by atoms with Crippen molar-refractivity contribution in [2.45, 2.75) is 18.9 Å². The molecule has 2 aliphatic rings. The Morgan fingerprint density at radius 3 is 2.97 bits per heavy atom. The van der Waals surface area contributed by atoms with E-state index in [0.29, 0.717) is 22.8 Å². The molecule has 34 heavy (non-hydrogen) atoms. The van der Waals surface area contributed by atoms with Crippen LogP contribution in [0.2, 0.25) is 0 Å². The number of carboxylic acid groups (broad SMARTS) is 1. The van der Waals surface area contributed by atoms with Crippen LogP contribution >= 0.6 is 0 Å². The van der Waals surface area contributed by atoms with Crippen LogP contribution in [0.1, 0.15) is 46.1 Å². The van der Waals surface area contributed by atoms with Gasteiger partial charge in [0.05, 0.1) is 30.6 Å². The summed E-state index contributed by atoms with van der Waals surface area (Å²) >= 11 is 0. The molecule has 168 valence electrons. The number of aromatic nitrogens is 4. The Balaban J connectivity index is 1.53. The summed E-state index contributed by atoms with van der Waals surface area (Å²) in [6.45, 7) is 0.763. The van der Waals surface area contributed by atoms with Crippen molar-refractivity contribution in [3.05, 3.63) is 81.5 Å². The number of nitrogens with zero attached hydrogens (tertiary/aromatic N) is 5. The number of carboxylic acids is 1. The van der Waals surface area contributed by atoms with Crippen LogP contribution in [0.3, 0.4) is 0 Å². The summed E-state index contributed by atoms with van der Waals surface area (Å²) in [6.07, 6.45) is 6.67. The van der Waals surface area contributed by atoms with Gasteiger partial charge in [-0.05, 0) is 48.6 Å². The Hall–Kier alpha value is -4.58. The van der Waals surface area contributed by atoms with Crippen molar-refractivity contribution in [1.29, 1.82) is 0 Å². The number of rotatable bonds is 2. The van der Waals surface area contributed by atoms with Gasteiger partial charge in [-0.1, -0.05) is 5.92 Å². The van der Waals surface area contributed by atoms with E-state index >= 15 is 0 Å². The number of hydrogen-bond donors (Lipinski definition) is 1. The Morgan fingerprint density at radius 1 is 1.26 bits per heavy atom. The number of imidazole rings is 1. The highest BCUT2D eigenvalue weighted by Crippen LogP contribution is 2.44. The van der Waals surface area contributed by atoms with Gasteiger partial charge in [0.1, 0.15) is 17.0 Å². The zero-order valence-electron chi connectivity index (χ0n) is 18.2. The van der Waals surface area contributed by atoms with E-state index in [1.54, 1.807) is 28.7 Å². The predicted molar refractivity (Wildman–Crippen MR) is 124 cm³/mol. The number of aromatic carboxylic acids is 1. The molecule has 1 atom stereocenters. The summed E-state index contributed by atoms with van der Waals surface area (Å²) in [5.74, 6) is 5.70. The normalized spacial score (nSPS) is 15.8. The number of benzene rings is 1. The van der Waals surface area contributed by atoms with Crippen LogP contribution in [-0.4, -0.2) is 44.0 Å². The molecule has 2 aliphatic heterocycles. The number of pyridine rings is 1. The Kier molecular flexibility index (Phi) is 4.42. The largest absolute Gasteiger partial charge is 0.495 e. The van der Waals surface area contributed by atoms with E-state index < -0.39 is 11.4 Å². The standard InChI is InChI=1S/C25H19N5O4/c1-34-23-11-18-17(10-15(23)6-7-16-13-26-24-5-2-8-27-30(16)24)20-4-3-9-28(20)29-14-19(25(32)33)22(31)12-21(18)29/h2,5,8,10-14,20H,3-4,9H2,1H3,(H,32,33)/t20-/m1/s1. The Bertz CT molecular complexity index is 1610. The summed E-state index contributed by atoms with van der Waals surface area (Å²) in [4.78, 5) is 28.4. The fourth-order valence-corrected chi connectivity index (χ4v) is 4.83. The first kappa shape index (κ1) is 20.1. The van der Waals surface area contributed by atoms with Crippen molar-refractivity contribution in [2.24, 2.45) is 0 Å². The van der Waals surface area contributed by atoms with Gasteiger partial charge in [-0.3, -0.25) is 9.47 Å². The van der Waals surface area contributed by atoms with Gasteiger partial charge in [-0.15, -0.1) is 0 Å². The van der Waals surface area contributed by atoms with Crippen molar-refractivity contribution in [3.8, 4) is 28.8 Å². The lowest BCUT2D eigenvalue weighted by atomic mass is 9.92. The molecule has 0 amide bonds. The van der Waals surface area contributed by atoms with Crippen LogP contribution in [0.25, 0.3) is 16.9 Å². The van der Waals surface area contributed by atoms with Crippen LogP contribution in [0.4, 0.5) is 0 Å². The molecule has 0 saturated carbocycles. The van der Waals surface area contributed by atoms with Gasteiger partial charge in [0.25, 0.3) is 0 Å². The zero-order valence-corrected chi connectivity index (χ0v) is 18.2. The number of fused-ring (bicyclic) bond motifs is 7. The second-order valence-corrected chi connectivity index (χ2v) is 8.23. The average Bonchev–Trinajstić information content (AvgIpc) is 3.49. The fourth-order valence-electron chi connectivity index (χ4n) is 4.83. The molecule has 0 unspecified atom stereocenters. The number of methoxy groups -OCH3 is 1. The molecule has 1 fully saturated rings. The quantitative estimate of drug-likeness (QED) is 0.465. The average molecular weight is 453 g/mol. The molecule has 0 bridgehead atoms. The van der Waals surface area contributed by atoms with Crippen molar-refractivity contribution in [2.75, 3.05) is 18.7 Å². The summed E-state index contributed by atoms with van der Waals surface area (Å²) in [7, 11) is 1.58. The lowest BCUT2D eigenvalue weighted by Crippen LogP contribution is -2.39. The Morgan fingerprint density at radius 2 is 2.15 bits per heavy atom. The Labute approximate surface area is 193 Å². The summed E-state index contributed by atoms with van der Waals surface area (Å²) in [6, 6.07) is 9.03. The van der Waals surface area contributed by atoms with E-state index in [9.17, 15) is 14.7 Å². The highest BCUT2D eigenvalue weighted by molar-refractivity contribution is 5.88. The molecule has 5 heterocycles. The number of ether oxygens (including phenoxy) is 1. The van der Waals surface area contributed by atoms with E-state index in [-0.39, 0.29) is 11.6 Å². The van der Waals surface area contributed by atoms with Gasteiger partial charge in [0.15, 0.2) is 11.1 Å². The molecule has 6 rings (SSSR count). The van der Waals surface area contributed by atoms with E-state index in [1.165, 1.54) is 12.3 Å². The maximum absolute atomic E-state index is 12.5. The van der Waals surface area contributed by atoms with Crippen molar-refractivity contribution in [1.82, 2.24) is 19.3 Å². The predicted octanol–water partition coefficient (Wildman–Crippen LogP) is 2.45. The first-order valence-electron chi connectivity index (χ1n) is 10.8. The van der Waals surface area contributed by atoms with Gasteiger partial charge in [0.2, 0.25) is 0 Å². The molecule has 0 spiro atoms. The third-order valence-corrected chi connectivity index (χ3v) is 6.37. The van der Waals surface area contributed by atoms with Crippen LogP contribution in [-0.2, 0) is 0 Å². The van der Waals surface area contributed by atoms with Crippen LogP contribution < -0.4 is 15.2 Å². The van der Waals surface area contributed by atoms with Crippen LogP contribution in [0, 0.1) is 11.8 Å². The van der Waals surface area contributed by atoms with Gasteiger partial charge in [-0.25, -0.2) is 14.3 Å². The first-order valence-corrected chi connectivity index (χ1v) is 10.8. The third kappa shape index (κ3) is 2.96. The highest BCUT2D eigenvalue weighted by atomic mass is 16.5. The SMILES string of the molecule is COc1cc2c(cc1C#Cc1cnc3cccnn13)[C@H]1CCCN1n1cc(C(=O)O)c(=O)cc1-2. The fraction of sp³-hybridized carbons (Fsp3) is 0.200. The molecule has 0 radical (unpaired) electrons. The molecule has 9 heteroatoms. The number of carbonyl (C=O) groups is 1. The van der Waals surface area contributed by atoms with E-state index in [2.05, 4.69) is 26.9 Å². The lowest BCUT2D eigenvalue weighted by molar-refractivity contribution is 0.0694. The number of hydrogen-bond acceptors (Lipinski definition) is 6. The molecular formula is C25H19N5O4. The maximum Gasteiger partial charge on any atom is 0.341 e. The highest BCUT2D eigenvalue weighted by Gasteiger charge is 2.35. The first-order chi connectivity index (χ1) is 16.5. The lowest BCUT2D eigenvalue weighted by Gasteiger charge is -2.37. The third-order valence-electron chi connectivity index (χ3n) is 6.37. The molecule has 4 aromatic rings. The van der Waals surface area contributed by atoms with Gasteiger partial charge in [-0.2, -0.15) is 5.10 Å². The van der Waals surface area contributed by atoms with Crippen molar-refractivity contribution < 1.29 is 14.6 Å². The second kappa shape index (κ2) is 7.49. The van der Waals surface area contributed by atoms with Gasteiger partial charge in [0, 0.05) is 30.6 Å². The molecule has 1 N–H and O–H groups in total. The van der Waals surface area contributed by atoms with Crippen LogP contribution in [0.15, 0.2) is 53.7 Å². The molecule has 3 aromatic heterocycles. The van der Waals surface area contributed by atoms with E-state index in [1.807, 2.05) is 24.3 Å². The minimum absolute atomic E-state index is 0.0515. The molecule has 1 aromatic carbocycles. The van der Waals surface area contributed by atoms with E-state index in [0.717, 1.165) is 36.1 Å². The second-order valence-electron chi connectivity index (χ2n) is 8.23. The monoisotopic (exact) mass is 453 g/mol. The molecule has 0 aliphatic carbocycles. The summed E-state index contributed by atoms with van der Waals surface area (Å²) < 4.78 is 9.14. The van der Waals surface area contributed by atoms with E-state index in [4.69, 9.17) is 4.74 Å². The van der Waals surface area contributed by atoms with Gasteiger partial charge < -0.3 is 14.9 Å². The smallest absolute Gasteiger partial charge is 0.341 e. The maximum atomic E-state index is 12.5. The molecule has 9 nitrogen and oxygen atoms in total. The molecule has 1 saturated heterocycles.